The molecule has 9 heteroatoms. The lowest BCUT2D eigenvalue weighted by molar-refractivity contribution is 0.0857. The first kappa shape index (κ1) is 22.8. The fraction of sp³-hybridized carbons (Fsp3) is 0.458. The molecule has 4 rings (SSSR count). The summed E-state index contributed by atoms with van der Waals surface area (Å²) in [6.07, 6.45) is 3.80. The second kappa shape index (κ2) is 11.0. The summed E-state index contributed by atoms with van der Waals surface area (Å²) < 4.78 is 10.8. The van der Waals surface area contributed by atoms with Crippen LogP contribution >= 0.6 is 0 Å². The smallest absolute Gasteiger partial charge is 0.317 e. The van der Waals surface area contributed by atoms with Crippen molar-refractivity contribution < 1.29 is 19.1 Å². The van der Waals surface area contributed by atoms with Crippen molar-refractivity contribution in [3.8, 4) is 5.75 Å². The Labute approximate surface area is 194 Å². The standard InChI is InChI=1S/C24H31N5O4/c1-32-19-6-2-5-18(15-19)16-27-24(31)29-12-10-28(11-13-29)22-21(8-3-9-25-22)23(30)26-17-20-7-4-14-33-20/h2-3,5-6,8-9,15,20H,4,7,10-14,16-17H2,1H3,(H,26,30)(H,27,31)/t20-/m1/s1. The monoisotopic (exact) mass is 453 g/mol. The van der Waals surface area contributed by atoms with Gasteiger partial charge in [0.05, 0.1) is 18.8 Å². The molecular formula is C24H31N5O4. The Bertz CT molecular complexity index is 955. The lowest BCUT2D eigenvalue weighted by Crippen LogP contribution is -2.52. The van der Waals surface area contributed by atoms with Crippen LogP contribution in [0.25, 0.3) is 0 Å². The number of methoxy groups -OCH3 is 1. The molecule has 1 atom stereocenters. The SMILES string of the molecule is COc1cccc(CNC(=O)N2CCN(c3ncccc3C(=O)NC[C@H]3CCCO3)CC2)c1. The van der Waals surface area contributed by atoms with Crippen molar-refractivity contribution in [2.75, 3.05) is 51.3 Å². The van der Waals surface area contributed by atoms with Crippen LogP contribution in [0.1, 0.15) is 28.8 Å². The fourth-order valence-electron chi connectivity index (χ4n) is 4.13. The van der Waals surface area contributed by atoms with Gasteiger partial charge in [0, 0.05) is 52.1 Å². The first-order valence-corrected chi connectivity index (χ1v) is 11.4. The van der Waals surface area contributed by atoms with Crippen LogP contribution in [-0.4, -0.2) is 74.4 Å². The highest BCUT2D eigenvalue weighted by molar-refractivity contribution is 5.99. The van der Waals surface area contributed by atoms with Crippen molar-refractivity contribution in [2.45, 2.75) is 25.5 Å². The zero-order valence-electron chi connectivity index (χ0n) is 19.0. The number of aromatic nitrogens is 1. The molecule has 0 spiro atoms. The summed E-state index contributed by atoms with van der Waals surface area (Å²) in [5.74, 6) is 1.27. The topological polar surface area (TPSA) is 96.0 Å². The van der Waals surface area contributed by atoms with E-state index >= 15 is 0 Å². The van der Waals surface area contributed by atoms with Gasteiger partial charge in [-0.1, -0.05) is 12.1 Å². The minimum atomic E-state index is -0.146. The van der Waals surface area contributed by atoms with Crippen LogP contribution in [0, 0.1) is 0 Å². The molecule has 2 aliphatic rings. The first-order chi connectivity index (χ1) is 16.1. The van der Waals surface area contributed by atoms with Crippen LogP contribution in [0.4, 0.5) is 10.6 Å². The van der Waals surface area contributed by atoms with Gasteiger partial charge in [-0.2, -0.15) is 0 Å². The Morgan fingerprint density at radius 2 is 2.00 bits per heavy atom. The van der Waals surface area contributed by atoms with E-state index in [4.69, 9.17) is 9.47 Å². The molecule has 2 aliphatic heterocycles. The second-order valence-corrected chi connectivity index (χ2v) is 8.20. The van der Waals surface area contributed by atoms with Crippen LogP contribution in [0.2, 0.25) is 0 Å². The van der Waals surface area contributed by atoms with Crippen molar-refractivity contribution in [3.63, 3.8) is 0 Å². The van der Waals surface area contributed by atoms with Crippen LogP contribution < -0.4 is 20.3 Å². The third-order valence-corrected chi connectivity index (χ3v) is 5.99. The number of rotatable bonds is 7. The fourth-order valence-corrected chi connectivity index (χ4v) is 4.13. The molecule has 2 fully saturated rings. The third kappa shape index (κ3) is 5.92. The normalized spacial score (nSPS) is 18.2. The average molecular weight is 454 g/mol. The van der Waals surface area contributed by atoms with Crippen LogP contribution in [0.15, 0.2) is 42.6 Å². The number of piperazine rings is 1. The van der Waals surface area contributed by atoms with Gasteiger partial charge in [0.2, 0.25) is 0 Å². The Morgan fingerprint density at radius 1 is 1.15 bits per heavy atom. The predicted molar refractivity (Wildman–Crippen MR) is 125 cm³/mol. The molecule has 2 N–H and O–H groups in total. The van der Waals surface area contributed by atoms with Gasteiger partial charge in [-0.3, -0.25) is 4.79 Å². The number of hydrogen-bond donors (Lipinski definition) is 2. The molecule has 3 heterocycles. The van der Waals surface area contributed by atoms with Gasteiger partial charge in [0.15, 0.2) is 0 Å². The highest BCUT2D eigenvalue weighted by Crippen LogP contribution is 2.20. The molecule has 1 aromatic heterocycles. The number of carbonyl (C=O) groups is 2. The Balaban J connectivity index is 1.29. The molecule has 0 saturated carbocycles. The number of ether oxygens (including phenoxy) is 2. The molecule has 0 aliphatic carbocycles. The van der Waals surface area contributed by atoms with Crippen molar-refractivity contribution in [1.29, 1.82) is 0 Å². The summed E-state index contributed by atoms with van der Waals surface area (Å²) >= 11 is 0. The zero-order valence-corrected chi connectivity index (χ0v) is 19.0. The molecule has 33 heavy (non-hydrogen) atoms. The van der Waals surface area contributed by atoms with Gasteiger partial charge in [0.1, 0.15) is 11.6 Å². The van der Waals surface area contributed by atoms with E-state index in [9.17, 15) is 9.59 Å². The van der Waals surface area contributed by atoms with Crippen LogP contribution in [0.3, 0.4) is 0 Å². The molecule has 1 aromatic carbocycles. The van der Waals surface area contributed by atoms with E-state index in [1.807, 2.05) is 24.3 Å². The first-order valence-electron chi connectivity index (χ1n) is 11.4. The highest BCUT2D eigenvalue weighted by Gasteiger charge is 2.25. The molecule has 3 amide bonds. The van der Waals surface area contributed by atoms with E-state index < -0.39 is 0 Å². The van der Waals surface area contributed by atoms with Crippen LogP contribution in [0.5, 0.6) is 5.75 Å². The number of carbonyl (C=O) groups excluding carboxylic acids is 2. The minimum Gasteiger partial charge on any atom is -0.497 e. The molecule has 2 saturated heterocycles. The summed E-state index contributed by atoms with van der Waals surface area (Å²) in [7, 11) is 1.62. The molecule has 0 bridgehead atoms. The highest BCUT2D eigenvalue weighted by atomic mass is 16.5. The van der Waals surface area contributed by atoms with E-state index in [1.165, 1.54) is 0 Å². The van der Waals surface area contributed by atoms with E-state index in [0.29, 0.717) is 50.6 Å². The molecule has 2 aromatic rings. The summed E-state index contributed by atoms with van der Waals surface area (Å²) in [5, 5.41) is 5.94. The van der Waals surface area contributed by atoms with Gasteiger partial charge < -0.3 is 29.9 Å². The van der Waals surface area contributed by atoms with Gasteiger partial charge in [-0.05, 0) is 42.7 Å². The van der Waals surface area contributed by atoms with E-state index in [2.05, 4.69) is 20.5 Å². The van der Waals surface area contributed by atoms with Crippen molar-refractivity contribution in [3.05, 3.63) is 53.7 Å². The van der Waals surface area contributed by atoms with Crippen molar-refractivity contribution in [1.82, 2.24) is 20.5 Å². The molecular weight excluding hydrogens is 422 g/mol. The number of hydrogen-bond acceptors (Lipinski definition) is 6. The number of urea groups is 1. The molecule has 9 nitrogen and oxygen atoms in total. The van der Waals surface area contributed by atoms with Gasteiger partial charge in [0.25, 0.3) is 5.91 Å². The van der Waals surface area contributed by atoms with Gasteiger partial charge in [-0.15, -0.1) is 0 Å². The lowest BCUT2D eigenvalue weighted by atomic mass is 10.2. The maximum absolute atomic E-state index is 12.8. The summed E-state index contributed by atoms with van der Waals surface area (Å²) in [6.45, 7) is 4.02. The number of benzene rings is 1. The lowest BCUT2D eigenvalue weighted by Gasteiger charge is -2.36. The number of pyridine rings is 1. The number of amides is 3. The maximum Gasteiger partial charge on any atom is 0.317 e. The van der Waals surface area contributed by atoms with E-state index in [-0.39, 0.29) is 18.0 Å². The molecule has 176 valence electrons. The Kier molecular flexibility index (Phi) is 7.62. The van der Waals surface area contributed by atoms with E-state index in [1.54, 1.807) is 30.3 Å². The molecule has 0 unspecified atom stereocenters. The Hall–Kier alpha value is -3.33. The third-order valence-electron chi connectivity index (χ3n) is 5.99. The number of nitrogens with zero attached hydrogens (tertiary/aromatic N) is 3. The molecule has 0 radical (unpaired) electrons. The van der Waals surface area contributed by atoms with Crippen LogP contribution in [-0.2, 0) is 11.3 Å². The van der Waals surface area contributed by atoms with Crippen molar-refractivity contribution >= 4 is 17.8 Å². The maximum atomic E-state index is 12.8. The van der Waals surface area contributed by atoms with Gasteiger partial charge in [-0.25, -0.2) is 9.78 Å². The quantitative estimate of drug-likeness (QED) is 0.666. The number of anilines is 1. The summed E-state index contributed by atoms with van der Waals surface area (Å²) in [6, 6.07) is 11.1. The van der Waals surface area contributed by atoms with Gasteiger partial charge >= 0.3 is 6.03 Å². The Morgan fingerprint density at radius 3 is 2.76 bits per heavy atom. The number of nitrogens with one attached hydrogen (secondary N) is 2. The predicted octanol–water partition coefficient (Wildman–Crippen LogP) is 2.03. The largest absolute Gasteiger partial charge is 0.497 e. The summed E-state index contributed by atoms with van der Waals surface area (Å²) in [4.78, 5) is 33.7. The van der Waals surface area contributed by atoms with E-state index in [0.717, 1.165) is 30.8 Å². The second-order valence-electron chi connectivity index (χ2n) is 8.20. The zero-order chi connectivity index (χ0) is 23.0. The van der Waals surface area contributed by atoms with Crippen molar-refractivity contribution in [2.24, 2.45) is 0 Å². The average Bonchev–Trinajstić information content (AvgIpc) is 3.40. The minimum absolute atomic E-state index is 0.0908. The summed E-state index contributed by atoms with van der Waals surface area (Å²) in [5.41, 5.74) is 1.53.